The Balaban J connectivity index is 2.47. The van der Waals surface area contributed by atoms with Gasteiger partial charge in [-0.3, -0.25) is 4.79 Å². The fraction of sp³-hybridized carbons (Fsp3) is 0. The second kappa shape index (κ2) is 5.39. The predicted molar refractivity (Wildman–Crippen MR) is 74.0 cm³/mol. The van der Waals surface area contributed by atoms with Crippen molar-refractivity contribution in [2.45, 2.75) is 0 Å². The number of benzene rings is 2. The highest BCUT2D eigenvalue weighted by Crippen LogP contribution is 2.25. The minimum atomic E-state index is -0.575. The van der Waals surface area contributed by atoms with Crippen molar-refractivity contribution < 1.29 is 9.18 Å². The van der Waals surface area contributed by atoms with E-state index in [9.17, 15) is 9.18 Å². The molecule has 0 radical (unpaired) electrons. The SMILES string of the molecule is O=C(c1ccc(Cl)c(Cl)c1)c1cc(Br)ccc1F. The van der Waals surface area contributed by atoms with Crippen LogP contribution in [-0.4, -0.2) is 5.78 Å². The molecule has 0 saturated carbocycles. The number of carbonyl (C=O) groups is 1. The summed E-state index contributed by atoms with van der Waals surface area (Å²) in [5.41, 5.74) is 0.282. The molecule has 0 aliphatic rings. The second-order valence-corrected chi connectivity index (χ2v) is 5.31. The second-order valence-electron chi connectivity index (χ2n) is 3.58. The van der Waals surface area contributed by atoms with Gasteiger partial charge in [0.05, 0.1) is 15.6 Å². The van der Waals surface area contributed by atoms with E-state index in [2.05, 4.69) is 15.9 Å². The third-order valence-electron chi connectivity index (χ3n) is 2.35. The average molecular weight is 348 g/mol. The molecule has 18 heavy (non-hydrogen) atoms. The lowest BCUT2D eigenvalue weighted by Crippen LogP contribution is -2.04. The summed E-state index contributed by atoms with van der Waals surface area (Å²) in [4.78, 5) is 12.1. The lowest BCUT2D eigenvalue weighted by atomic mass is 10.0. The lowest BCUT2D eigenvalue weighted by molar-refractivity contribution is 0.103. The minimum absolute atomic E-state index is 0.0113. The predicted octanol–water partition coefficient (Wildman–Crippen LogP) is 5.13. The summed E-state index contributed by atoms with van der Waals surface area (Å²) in [7, 11) is 0. The minimum Gasteiger partial charge on any atom is -0.288 e. The molecule has 0 aromatic heterocycles. The molecule has 2 rings (SSSR count). The fourth-order valence-corrected chi connectivity index (χ4v) is 2.12. The van der Waals surface area contributed by atoms with E-state index in [4.69, 9.17) is 23.2 Å². The van der Waals surface area contributed by atoms with Gasteiger partial charge in [0.1, 0.15) is 5.82 Å². The highest BCUT2D eigenvalue weighted by atomic mass is 79.9. The van der Waals surface area contributed by atoms with Crippen LogP contribution in [0.3, 0.4) is 0 Å². The van der Waals surface area contributed by atoms with Gasteiger partial charge in [-0.2, -0.15) is 0 Å². The van der Waals surface area contributed by atoms with Crippen LogP contribution in [0.5, 0.6) is 0 Å². The summed E-state index contributed by atoms with van der Waals surface area (Å²) >= 11 is 14.8. The third-order valence-corrected chi connectivity index (χ3v) is 3.59. The van der Waals surface area contributed by atoms with Crippen molar-refractivity contribution in [2.24, 2.45) is 0 Å². The van der Waals surface area contributed by atoms with Crippen LogP contribution in [-0.2, 0) is 0 Å². The number of hydrogen-bond donors (Lipinski definition) is 0. The number of halogens is 4. The first kappa shape index (κ1) is 13.5. The molecule has 1 nitrogen and oxygen atoms in total. The third kappa shape index (κ3) is 2.74. The summed E-state index contributed by atoms with van der Waals surface area (Å²) in [5, 5.41) is 0.612. The first-order valence-corrected chi connectivity index (χ1v) is 6.49. The molecule has 0 fully saturated rings. The highest BCUT2D eigenvalue weighted by molar-refractivity contribution is 9.10. The molecule has 0 aliphatic carbocycles. The van der Waals surface area contributed by atoms with Crippen LogP contribution < -0.4 is 0 Å². The van der Waals surface area contributed by atoms with Crippen LogP contribution in [0.4, 0.5) is 4.39 Å². The van der Waals surface area contributed by atoms with Crippen LogP contribution in [0.1, 0.15) is 15.9 Å². The maximum Gasteiger partial charge on any atom is 0.196 e. The first-order chi connectivity index (χ1) is 8.49. The van der Waals surface area contributed by atoms with E-state index in [1.165, 1.54) is 36.4 Å². The summed E-state index contributed by atoms with van der Waals surface area (Å²) in [6, 6.07) is 8.63. The van der Waals surface area contributed by atoms with Gasteiger partial charge in [-0.1, -0.05) is 39.1 Å². The fourth-order valence-electron chi connectivity index (χ4n) is 1.46. The molecule has 0 unspecified atom stereocenters. The maximum absolute atomic E-state index is 13.6. The maximum atomic E-state index is 13.6. The molecule has 0 aliphatic heterocycles. The number of ketones is 1. The monoisotopic (exact) mass is 346 g/mol. The van der Waals surface area contributed by atoms with Crippen molar-refractivity contribution in [1.29, 1.82) is 0 Å². The van der Waals surface area contributed by atoms with Crippen molar-refractivity contribution in [2.75, 3.05) is 0 Å². The number of carbonyl (C=O) groups excluding carboxylic acids is 1. The molecule has 0 N–H and O–H groups in total. The Morgan fingerprint density at radius 1 is 1.06 bits per heavy atom. The van der Waals surface area contributed by atoms with E-state index in [1.807, 2.05) is 0 Å². The van der Waals surface area contributed by atoms with Crippen molar-refractivity contribution in [3.8, 4) is 0 Å². The molecule has 0 saturated heterocycles. The smallest absolute Gasteiger partial charge is 0.196 e. The zero-order valence-electron chi connectivity index (χ0n) is 8.88. The van der Waals surface area contributed by atoms with Gasteiger partial charge in [0.25, 0.3) is 0 Å². The molecule has 0 bridgehead atoms. The van der Waals surface area contributed by atoms with E-state index in [0.29, 0.717) is 15.1 Å². The van der Waals surface area contributed by atoms with E-state index in [1.54, 1.807) is 0 Å². The first-order valence-electron chi connectivity index (χ1n) is 4.94. The van der Waals surface area contributed by atoms with E-state index in [0.717, 1.165) is 0 Å². The zero-order chi connectivity index (χ0) is 13.3. The highest BCUT2D eigenvalue weighted by Gasteiger charge is 2.15. The molecule has 0 atom stereocenters. The molecular formula is C13H6BrCl2FO. The summed E-state index contributed by atoms with van der Waals surface area (Å²) in [6.07, 6.45) is 0. The topological polar surface area (TPSA) is 17.1 Å². The Hall–Kier alpha value is -0.900. The van der Waals surface area contributed by atoms with Gasteiger partial charge >= 0.3 is 0 Å². The average Bonchev–Trinajstić information content (AvgIpc) is 2.35. The summed E-state index contributed by atoms with van der Waals surface area (Å²) in [5.74, 6) is -1.01. The molecule has 2 aromatic carbocycles. The molecule has 5 heteroatoms. The van der Waals surface area contributed by atoms with E-state index >= 15 is 0 Å². The zero-order valence-corrected chi connectivity index (χ0v) is 12.0. The van der Waals surface area contributed by atoms with Crippen molar-refractivity contribution >= 4 is 44.9 Å². The lowest BCUT2D eigenvalue weighted by Gasteiger charge is -2.04. The van der Waals surface area contributed by atoms with Crippen molar-refractivity contribution in [3.63, 3.8) is 0 Å². The van der Waals surface area contributed by atoms with Crippen molar-refractivity contribution in [1.82, 2.24) is 0 Å². The molecular weight excluding hydrogens is 342 g/mol. The largest absolute Gasteiger partial charge is 0.288 e. The van der Waals surface area contributed by atoms with E-state index in [-0.39, 0.29) is 10.6 Å². The van der Waals surface area contributed by atoms with E-state index < -0.39 is 11.6 Å². The van der Waals surface area contributed by atoms with Gasteiger partial charge in [-0.15, -0.1) is 0 Å². The Kier molecular flexibility index (Phi) is 4.05. The molecule has 0 spiro atoms. The van der Waals surface area contributed by atoms with Gasteiger partial charge in [-0.25, -0.2) is 4.39 Å². The Labute approximate surface area is 122 Å². The van der Waals surface area contributed by atoms with Crippen LogP contribution >= 0.6 is 39.1 Å². The normalized spacial score (nSPS) is 10.4. The van der Waals surface area contributed by atoms with Gasteiger partial charge in [0.2, 0.25) is 0 Å². The molecule has 0 amide bonds. The molecule has 2 aromatic rings. The molecule has 0 heterocycles. The van der Waals surface area contributed by atoms with Crippen molar-refractivity contribution in [3.05, 3.63) is 67.9 Å². The standard InChI is InChI=1S/C13H6BrCl2FO/c14-8-2-4-12(17)9(6-8)13(18)7-1-3-10(15)11(16)5-7/h1-6H. The van der Waals surface area contributed by atoms with Gasteiger partial charge < -0.3 is 0 Å². The summed E-state index contributed by atoms with van der Waals surface area (Å²) < 4.78 is 14.2. The Morgan fingerprint density at radius 3 is 2.44 bits per heavy atom. The van der Waals surface area contributed by atoms with Gasteiger partial charge in [0, 0.05) is 10.0 Å². The van der Waals surface area contributed by atoms with Crippen LogP contribution in [0.25, 0.3) is 0 Å². The van der Waals surface area contributed by atoms with Crippen LogP contribution in [0, 0.1) is 5.82 Å². The Bertz CT molecular complexity index is 628. The molecule has 92 valence electrons. The van der Waals surface area contributed by atoms with Gasteiger partial charge in [-0.05, 0) is 36.4 Å². The van der Waals surface area contributed by atoms with Crippen LogP contribution in [0.15, 0.2) is 40.9 Å². The van der Waals surface area contributed by atoms with Gasteiger partial charge in [0.15, 0.2) is 5.78 Å². The summed E-state index contributed by atoms with van der Waals surface area (Å²) in [6.45, 7) is 0. The Morgan fingerprint density at radius 2 is 1.78 bits per heavy atom. The number of hydrogen-bond acceptors (Lipinski definition) is 1. The van der Waals surface area contributed by atoms with Crippen LogP contribution in [0.2, 0.25) is 10.0 Å². The number of rotatable bonds is 2. The quantitative estimate of drug-likeness (QED) is 0.688.